The molecule has 3 aliphatic heterocycles. The third-order valence-electron chi connectivity index (χ3n) is 7.27. The molecule has 2 aromatic rings. The van der Waals surface area contributed by atoms with E-state index >= 15 is 0 Å². The summed E-state index contributed by atoms with van der Waals surface area (Å²) in [4.78, 5) is 45.6. The highest BCUT2D eigenvalue weighted by Gasteiger charge is 2.30. The van der Waals surface area contributed by atoms with Gasteiger partial charge in [0.25, 0.3) is 5.91 Å². The summed E-state index contributed by atoms with van der Waals surface area (Å²) in [6, 6.07) is 9.34. The van der Waals surface area contributed by atoms with Crippen LogP contribution in [0.2, 0.25) is 0 Å². The molecular weight excluding hydrogens is 462 g/mol. The lowest BCUT2D eigenvalue weighted by molar-refractivity contribution is -0.140. The van der Waals surface area contributed by atoms with Crippen LogP contribution in [-0.4, -0.2) is 98.1 Å². The number of hydrogen-bond acceptors (Lipinski definition) is 6. The minimum atomic E-state index is -0.166. The zero-order chi connectivity index (χ0) is 24.9. The van der Waals surface area contributed by atoms with E-state index in [1.165, 1.54) is 12.5 Å². The Bertz CT molecular complexity index is 1040. The highest BCUT2D eigenvalue weighted by molar-refractivity contribution is 5.94. The predicted molar refractivity (Wildman–Crippen MR) is 134 cm³/mol. The third-order valence-corrected chi connectivity index (χ3v) is 7.27. The van der Waals surface area contributed by atoms with Crippen LogP contribution in [0.5, 0.6) is 0 Å². The SMILES string of the molecule is O=C(Nc1ccc(N2CCC(C(=O)N3CCOCC3)CC2)cc1)N1CCN(C(=O)c2ccoc2)CC1. The number of piperazine rings is 1. The van der Waals surface area contributed by atoms with Crippen molar-refractivity contribution >= 4 is 29.2 Å². The smallest absolute Gasteiger partial charge is 0.321 e. The number of nitrogens with one attached hydrogen (secondary N) is 1. The molecule has 1 N–H and O–H groups in total. The summed E-state index contributed by atoms with van der Waals surface area (Å²) in [6.45, 7) is 6.28. The van der Waals surface area contributed by atoms with Crippen molar-refractivity contribution in [1.82, 2.24) is 14.7 Å². The first-order chi connectivity index (χ1) is 17.6. The van der Waals surface area contributed by atoms with Gasteiger partial charge in [0.15, 0.2) is 0 Å². The molecule has 4 heterocycles. The van der Waals surface area contributed by atoms with Gasteiger partial charge in [0.1, 0.15) is 6.26 Å². The fourth-order valence-electron chi connectivity index (χ4n) is 5.07. The standard InChI is InChI=1S/C26H33N5O5/c32-24(30-14-17-35-18-15-30)20-5-8-28(9-6-20)23-3-1-22(2-4-23)27-26(34)31-12-10-29(11-13-31)25(33)21-7-16-36-19-21/h1-4,7,16,19-20H,5-6,8-15,17-18H2,(H,27,34). The number of carbonyl (C=O) groups excluding carboxylic acids is 3. The summed E-state index contributed by atoms with van der Waals surface area (Å²) >= 11 is 0. The molecule has 36 heavy (non-hydrogen) atoms. The van der Waals surface area contributed by atoms with Gasteiger partial charge in [0.2, 0.25) is 5.91 Å². The average molecular weight is 496 g/mol. The Morgan fingerprint density at radius 1 is 0.778 bits per heavy atom. The largest absolute Gasteiger partial charge is 0.472 e. The summed E-state index contributed by atoms with van der Waals surface area (Å²) in [7, 11) is 0. The van der Waals surface area contributed by atoms with E-state index in [-0.39, 0.29) is 23.8 Å². The van der Waals surface area contributed by atoms with Crippen molar-refractivity contribution in [3.05, 3.63) is 48.4 Å². The van der Waals surface area contributed by atoms with E-state index in [1.807, 2.05) is 29.2 Å². The van der Waals surface area contributed by atoms with Gasteiger partial charge in [-0.1, -0.05) is 0 Å². The van der Waals surface area contributed by atoms with Crippen LogP contribution in [0, 0.1) is 5.92 Å². The fraction of sp³-hybridized carbons (Fsp3) is 0.500. The Morgan fingerprint density at radius 3 is 2.08 bits per heavy atom. The summed E-state index contributed by atoms with van der Waals surface area (Å²) in [6.07, 6.45) is 4.63. The molecule has 4 amide bonds. The molecule has 0 bridgehead atoms. The molecule has 5 rings (SSSR count). The number of anilines is 2. The van der Waals surface area contributed by atoms with Gasteiger partial charge in [0.05, 0.1) is 25.0 Å². The van der Waals surface area contributed by atoms with Gasteiger partial charge in [0, 0.05) is 69.7 Å². The average Bonchev–Trinajstić information content (AvgIpc) is 3.49. The molecule has 192 valence electrons. The highest BCUT2D eigenvalue weighted by Crippen LogP contribution is 2.26. The number of benzene rings is 1. The third kappa shape index (κ3) is 5.48. The molecule has 1 aromatic carbocycles. The molecule has 0 aliphatic carbocycles. The van der Waals surface area contributed by atoms with Gasteiger partial charge in [-0.05, 0) is 43.2 Å². The summed E-state index contributed by atoms with van der Waals surface area (Å²) in [5.74, 6) is 0.282. The van der Waals surface area contributed by atoms with Crippen LogP contribution in [0.1, 0.15) is 23.2 Å². The minimum Gasteiger partial charge on any atom is -0.472 e. The first-order valence-electron chi connectivity index (χ1n) is 12.7. The second-order valence-corrected chi connectivity index (χ2v) is 9.47. The first-order valence-corrected chi connectivity index (χ1v) is 12.7. The maximum Gasteiger partial charge on any atom is 0.321 e. The Kier molecular flexibility index (Phi) is 7.41. The number of morpholine rings is 1. The van der Waals surface area contributed by atoms with E-state index in [0.717, 1.165) is 37.3 Å². The van der Waals surface area contributed by atoms with E-state index in [0.29, 0.717) is 58.0 Å². The Morgan fingerprint density at radius 2 is 1.44 bits per heavy atom. The van der Waals surface area contributed by atoms with E-state index in [4.69, 9.17) is 9.15 Å². The number of carbonyl (C=O) groups is 3. The Labute approximate surface area is 210 Å². The van der Waals surface area contributed by atoms with Crippen molar-refractivity contribution in [3.63, 3.8) is 0 Å². The van der Waals surface area contributed by atoms with Gasteiger partial charge in [-0.25, -0.2) is 4.79 Å². The number of furan rings is 1. The summed E-state index contributed by atoms with van der Waals surface area (Å²) in [5.41, 5.74) is 2.36. The zero-order valence-corrected chi connectivity index (χ0v) is 20.4. The molecule has 3 aliphatic rings. The topological polar surface area (TPSA) is 98.6 Å². The van der Waals surface area contributed by atoms with Crippen LogP contribution < -0.4 is 10.2 Å². The lowest BCUT2D eigenvalue weighted by Gasteiger charge is -2.36. The minimum absolute atomic E-state index is 0.0751. The summed E-state index contributed by atoms with van der Waals surface area (Å²) in [5, 5.41) is 2.96. The van der Waals surface area contributed by atoms with Gasteiger partial charge >= 0.3 is 6.03 Å². The van der Waals surface area contributed by atoms with Crippen LogP contribution in [0.15, 0.2) is 47.3 Å². The number of urea groups is 1. The van der Waals surface area contributed by atoms with Crippen molar-refractivity contribution in [1.29, 1.82) is 0 Å². The number of hydrogen-bond donors (Lipinski definition) is 1. The van der Waals surface area contributed by atoms with Crippen LogP contribution in [0.3, 0.4) is 0 Å². The van der Waals surface area contributed by atoms with Crippen molar-refractivity contribution in [2.24, 2.45) is 5.92 Å². The number of ether oxygens (including phenoxy) is 1. The second-order valence-electron chi connectivity index (χ2n) is 9.47. The van der Waals surface area contributed by atoms with Crippen LogP contribution in [0.25, 0.3) is 0 Å². The highest BCUT2D eigenvalue weighted by atomic mass is 16.5. The lowest BCUT2D eigenvalue weighted by Crippen LogP contribution is -2.51. The molecule has 3 fully saturated rings. The van der Waals surface area contributed by atoms with E-state index in [9.17, 15) is 14.4 Å². The lowest BCUT2D eigenvalue weighted by atomic mass is 9.94. The predicted octanol–water partition coefficient (Wildman–Crippen LogP) is 2.34. The van der Waals surface area contributed by atoms with Crippen LogP contribution >= 0.6 is 0 Å². The number of rotatable bonds is 4. The van der Waals surface area contributed by atoms with Crippen LogP contribution in [0.4, 0.5) is 16.2 Å². The van der Waals surface area contributed by atoms with Crippen molar-refractivity contribution in [2.75, 3.05) is 75.8 Å². The maximum atomic E-state index is 12.8. The first kappa shape index (κ1) is 24.2. The van der Waals surface area contributed by atoms with Gasteiger partial charge in [-0.15, -0.1) is 0 Å². The Balaban J connectivity index is 1.07. The molecule has 0 atom stereocenters. The number of nitrogens with zero attached hydrogens (tertiary/aromatic N) is 4. The molecule has 0 spiro atoms. The van der Waals surface area contributed by atoms with Gasteiger partial charge in [-0.3, -0.25) is 9.59 Å². The Hall–Kier alpha value is -3.53. The molecule has 1 aromatic heterocycles. The second kappa shape index (κ2) is 11.0. The van der Waals surface area contributed by atoms with Crippen molar-refractivity contribution in [2.45, 2.75) is 12.8 Å². The van der Waals surface area contributed by atoms with Crippen LogP contribution in [-0.2, 0) is 9.53 Å². The van der Waals surface area contributed by atoms with Gasteiger partial charge in [-0.2, -0.15) is 0 Å². The fourth-order valence-corrected chi connectivity index (χ4v) is 5.07. The normalized spacial score (nSPS) is 19.3. The summed E-state index contributed by atoms with van der Waals surface area (Å²) < 4.78 is 10.3. The number of amides is 4. The molecular formula is C26H33N5O5. The zero-order valence-electron chi connectivity index (χ0n) is 20.4. The molecule has 3 saturated heterocycles. The molecule has 10 nitrogen and oxygen atoms in total. The van der Waals surface area contributed by atoms with Crippen molar-refractivity contribution in [3.8, 4) is 0 Å². The molecule has 0 unspecified atom stereocenters. The monoisotopic (exact) mass is 495 g/mol. The molecule has 0 saturated carbocycles. The quantitative estimate of drug-likeness (QED) is 0.699. The van der Waals surface area contributed by atoms with Gasteiger partial charge < -0.3 is 34.1 Å². The van der Waals surface area contributed by atoms with E-state index < -0.39 is 0 Å². The van der Waals surface area contributed by atoms with E-state index in [2.05, 4.69) is 10.2 Å². The molecule has 10 heteroatoms. The van der Waals surface area contributed by atoms with Crippen molar-refractivity contribution < 1.29 is 23.5 Å². The van der Waals surface area contributed by atoms with E-state index in [1.54, 1.807) is 15.9 Å². The number of piperidine rings is 1. The molecule has 0 radical (unpaired) electrons. The maximum absolute atomic E-state index is 12.8.